The van der Waals surface area contributed by atoms with Crippen LogP contribution in [0.1, 0.15) is 31.9 Å². The van der Waals surface area contributed by atoms with Gasteiger partial charge in [-0.05, 0) is 54.8 Å². The lowest BCUT2D eigenvalue weighted by Gasteiger charge is -2.31. The standard InChI is InChI=1S/C19H21N2O4S4/c1-19(2,21-29(24,25)18-11-7-13-27-18)14-16(15-8-4-3-5-9-15)20-28(22,23)17-10-6-12-26-17/h4-13,16,20-21H,14H2,1-2H3. The Hall–Kier alpha value is -1.56. The number of hydrogen-bond donors (Lipinski definition) is 2. The normalized spacial score (nSPS) is 14.0. The summed E-state index contributed by atoms with van der Waals surface area (Å²) in [5, 5.41) is 3.39. The molecule has 1 unspecified atom stereocenters. The fraction of sp³-hybridized carbons (Fsp3) is 0.263. The minimum atomic E-state index is -3.74. The SMILES string of the molecule is CC(C)(CC(NS(=O)(=O)c1cccs1)c1cc[c]cc1)NS(=O)(=O)c1cccs1. The highest BCUT2D eigenvalue weighted by molar-refractivity contribution is 7.92. The second-order valence-corrected chi connectivity index (χ2v) is 12.8. The van der Waals surface area contributed by atoms with Gasteiger partial charge in [0, 0.05) is 11.6 Å². The first-order valence-corrected chi connectivity index (χ1v) is 13.4. The van der Waals surface area contributed by atoms with Gasteiger partial charge in [0.2, 0.25) is 0 Å². The first kappa shape index (κ1) is 22.1. The molecule has 0 saturated carbocycles. The van der Waals surface area contributed by atoms with Crippen molar-refractivity contribution < 1.29 is 16.8 Å². The van der Waals surface area contributed by atoms with Crippen LogP contribution in [-0.2, 0) is 20.0 Å². The first-order valence-electron chi connectivity index (χ1n) is 8.68. The molecule has 29 heavy (non-hydrogen) atoms. The monoisotopic (exact) mass is 469 g/mol. The third-order valence-corrected chi connectivity index (χ3v) is 10.1. The van der Waals surface area contributed by atoms with Gasteiger partial charge in [0.1, 0.15) is 8.42 Å². The summed E-state index contributed by atoms with van der Waals surface area (Å²) in [5.74, 6) is 0. The Labute approximate surface area is 179 Å². The third-order valence-electron chi connectivity index (χ3n) is 4.09. The molecular formula is C19H21N2O4S4. The van der Waals surface area contributed by atoms with Crippen LogP contribution in [0.3, 0.4) is 0 Å². The van der Waals surface area contributed by atoms with Crippen molar-refractivity contribution in [3.63, 3.8) is 0 Å². The Balaban J connectivity index is 1.87. The summed E-state index contributed by atoms with van der Waals surface area (Å²) in [6, 6.07) is 15.6. The molecular weight excluding hydrogens is 448 g/mol. The molecule has 3 rings (SSSR count). The van der Waals surface area contributed by atoms with Crippen LogP contribution in [0.5, 0.6) is 0 Å². The van der Waals surface area contributed by atoms with Gasteiger partial charge in [0.25, 0.3) is 20.0 Å². The van der Waals surface area contributed by atoms with Crippen molar-refractivity contribution in [3.8, 4) is 0 Å². The molecule has 0 saturated heterocycles. The predicted molar refractivity (Wildman–Crippen MR) is 116 cm³/mol. The van der Waals surface area contributed by atoms with Crippen LogP contribution in [0.2, 0.25) is 0 Å². The van der Waals surface area contributed by atoms with E-state index in [0.717, 1.165) is 28.2 Å². The highest BCUT2D eigenvalue weighted by Crippen LogP contribution is 2.29. The summed E-state index contributed by atoms with van der Waals surface area (Å²) in [7, 11) is -7.44. The molecule has 0 aliphatic carbocycles. The van der Waals surface area contributed by atoms with Crippen molar-refractivity contribution in [2.75, 3.05) is 0 Å². The maximum atomic E-state index is 12.8. The molecule has 6 nitrogen and oxygen atoms in total. The van der Waals surface area contributed by atoms with Crippen molar-refractivity contribution in [1.82, 2.24) is 9.44 Å². The summed E-state index contributed by atoms with van der Waals surface area (Å²) in [6.07, 6.45) is 0.215. The first-order chi connectivity index (χ1) is 13.6. The van der Waals surface area contributed by atoms with E-state index in [2.05, 4.69) is 15.5 Å². The summed E-state index contributed by atoms with van der Waals surface area (Å²) in [4.78, 5) is 0. The Morgan fingerprint density at radius 3 is 2.00 bits per heavy atom. The van der Waals surface area contributed by atoms with Gasteiger partial charge in [-0.25, -0.2) is 26.3 Å². The van der Waals surface area contributed by atoms with Crippen LogP contribution in [0.15, 0.2) is 67.7 Å². The molecule has 155 valence electrons. The van der Waals surface area contributed by atoms with Crippen molar-refractivity contribution >= 4 is 42.7 Å². The molecule has 1 atom stereocenters. The summed E-state index contributed by atoms with van der Waals surface area (Å²) < 4.78 is 56.7. The van der Waals surface area contributed by atoms with Crippen molar-refractivity contribution in [2.45, 2.75) is 40.3 Å². The zero-order chi connectivity index (χ0) is 21.1. The van der Waals surface area contributed by atoms with Gasteiger partial charge in [-0.1, -0.05) is 36.4 Å². The van der Waals surface area contributed by atoms with Crippen LogP contribution >= 0.6 is 22.7 Å². The Bertz CT molecular complexity index is 1120. The van der Waals surface area contributed by atoms with E-state index in [0.29, 0.717) is 0 Å². The molecule has 0 amide bonds. The average molecular weight is 470 g/mol. The zero-order valence-electron chi connectivity index (χ0n) is 15.8. The number of hydrogen-bond acceptors (Lipinski definition) is 6. The molecule has 1 radical (unpaired) electrons. The second-order valence-electron chi connectivity index (χ2n) is 7.06. The number of thiophene rings is 2. The maximum Gasteiger partial charge on any atom is 0.250 e. The van der Waals surface area contributed by atoms with Gasteiger partial charge < -0.3 is 0 Å². The quantitative estimate of drug-likeness (QED) is 0.499. The summed E-state index contributed by atoms with van der Waals surface area (Å²) in [6.45, 7) is 3.47. The Kier molecular flexibility index (Phi) is 6.61. The molecule has 0 bridgehead atoms. The van der Waals surface area contributed by atoms with Crippen LogP contribution in [0.25, 0.3) is 0 Å². The van der Waals surface area contributed by atoms with E-state index < -0.39 is 31.6 Å². The lowest BCUT2D eigenvalue weighted by molar-refractivity contribution is 0.374. The van der Waals surface area contributed by atoms with Gasteiger partial charge in [-0.15, -0.1) is 22.7 Å². The van der Waals surface area contributed by atoms with Crippen LogP contribution in [0.4, 0.5) is 0 Å². The number of sulfonamides is 2. The molecule has 3 aromatic rings. The van der Waals surface area contributed by atoms with Gasteiger partial charge in [0.05, 0.1) is 0 Å². The van der Waals surface area contributed by atoms with Gasteiger partial charge in [-0.2, -0.15) is 0 Å². The molecule has 0 fully saturated rings. The zero-order valence-corrected chi connectivity index (χ0v) is 19.1. The van der Waals surface area contributed by atoms with Crippen molar-refractivity contribution in [2.24, 2.45) is 0 Å². The minimum Gasteiger partial charge on any atom is -0.206 e. The van der Waals surface area contributed by atoms with E-state index in [9.17, 15) is 16.8 Å². The maximum absolute atomic E-state index is 12.8. The molecule has 2 aromatic heterocycles. The summed E-state index contributed by atoms with van der Waals surface area (Å²) >= 11 is 2.26. The lowest BCUT2D eigenvalue weighted by Crippen LogP contribution is -2.46. The van der Waals surface area contributed by atoms with E-state index >= 15 is 0 Å². The average Bonchev–Trinajstić information content (AvgIpc) is 3.35. The Morgan fingerprint density at radius 2 is 1.48 bits per heavy atom. The fourth-order valence-corrected chi connectivity index (χ4v) is 7.55. The topological polar surface area (TPSA) is 92.3 Å². The minimum absolute atomic E-state index is 0.210. The largest absolute Gasteiger partial charge is 0.250 e. The molecule has 2 heterocycles. The molecule has 0 aliphatic heterocycles. The van der Waals surface area contributed by atoms with Gasteiger partial charge in [0.15, 0.2) is 0 Å². The molecule has 2 N–H and O–H groups in total. The van der Waals surface area contributed by atoms with E-state index in [4.69, 9.17) is 0 Å². The molecule has 0 spiro atoms. The van der Waals surface area contributed by atoms with Crippen LogP contribution in [0, 0.1) is 6.07 Å². The van der Waals surface area contributed by atoms with Crippen LogP contribution in [-0.4, -0.2) is 22.4 Å². The lowest BCUT2D eigenvalue weighted by atomic mass is 9.93. The number of nitrogens with one attached hydrogen (secondary N) is 2. The van der Waals surface area contributed by atoms with Crippen molar-refractivity contribution in [3.05, 3.63) is 70.9 Å². The highest BCUT2D eigenvalue weighted by Gasteiger charge is 2.32. The Morgan fingerprint density at radius 1 is 0.931 bits per heavy atom. The predicted octanol–water partition coefficient (Wildman–Crippen LogP) is 3.78. The number of benzene rings is 1. The van der Waals surface area contributed by atoms with E-state index in [1.165, 1.54) is 12.1 Å². The summed E-state index contributed by atoms with van der Waals surface area (Å²) in [5.41, 5.74) is -0.183. The van der Waals surface area contributed by atoms with E-state index in [1.807, 2.05) is 0 Å². The smallest absolute Gasteiger partial charge is 0.206 e. The fourth-order valence-electron chi connectivity index (χ4n) is 2.90. The van der Waals surface area contributed by atoms with Crippen molar-refractivity contribution in [1.29, 1.82) is 0 Å². The van der Waals surface area contributed by atoms with Gasteiger partial charge >= 0.3 is 0 Å². The molecule has 1 aromatic carbocycles. The second kappa shape index (κ2) is 8.66. The van der Waals surface area contributed by atoms with Crippen LogP contribution < -0.4 is 9.44 Å². The third kappa shape index (κ3) is 5.74. The van der Waals surface area contributed by atoms with Gasteiger partial charge in [-0.3, -0.25) is 0 Å². The number of rotatable bonds is 9. The van der Waals surface area contributed by atoms with E-state index in [-0.39, 0.29) is 14.8 Å². The van der Waals surface area contributed by atoms with E-state index in [1.54, 1.807) is 61.0 Å². The molecule has 10 heteroatoms. The highest BCUT2D eigenvalue weighted by atomic mass is 32.3. The molecule has 0 aliphatic rings.